The summed E-state index contributed by atoms with van der Waals surface area (Å²) in [5.74, 6) is 0.887. The molecule has 0 aliphatic heterocycles. The number of esters is 3. The highest BCUT2D eigenvalue weighted by Crippen LogP contribution is 2.19. The summed E-state index contributed by atoms with van der Waals surface area (Å²) in [5, 5.41) is 0. The molecule has 0 spiro atoms. The van der Waals surface area contributed by atoms with E-state index in [0.717, 1.165) is 69.6 Å². The fraction of sp³-hybridized carbons (Fsp3) is 0.949. The summed E-state index contributed by atoms with van der Waals surface area (Å²) in [6, 6.07) is 0. The first kappa shape index (κ1) is 63.4. The van der Waals surface area contributed by atoms with E-state index < -0.39 is 6.10 Å². The second-order valence-electron chi connectivity index (χ2n) is 21.0. The molecule has 0 rings (SSSR count). The van der Waals surface area contributed by atoms with Gasteiger partial charge in [-0.25, -0.2) is 0 Å². The van der Waals surface area contributed by atoms with Gasteiger partial charge >= 0.3 is 17.9 Å². The molecule has 6 heteroatoms. The molecule has 0 aliphatic carbocycles. The molecule has 386 valence electrons. The zero-order chi connectivity index (χ0) is 47.5. The third kappa shape index (κ3) is 51.6. The zero-order valence-electron chi connectivity index (χ0n) is 44.6. The van der Waals surface area contributed by atoms with Crippen LogP contribution in [-0.4, -0.2) is 37.2 Å². The second kappa shape index (κ2) is 51.8. The van der Waals surface area contributed by atoms with E-state index in [-0.39, 0.29) is 31.1 Å². The summed E-state index contributed by atoms with van der Waals surface area (Å²) in [6.45, 7) is 11.4. The molecule has 0 aromatic carbocycles. The van der Waals surface area contributed by atoms with Crippen molar-refractivity contribution in [1.29, 1.82) is 0 Å². The van der Waals surface area contributed by atoms with Crippen molar-refractivity contribution in [3.8, 4) is 0 Å². The van der Waals surface area contributed by atoms with Gasteiger partial charge in [0.1, 0.15) is 13.2 Å². The number of unbranched alkanes of at least 4 members (excludes halogenated alkanes) is 37. The van der Waals surface area contributed by atoms with Crippen LogP contribution in [0.4, 0.5) is 0 Å². The average molecular weight is 920 g/mol. The Hall–Kier alpha value is -1.59. The third-order valence-electron chi connectivity index (χ3n) is 13.8. The van der Waals surface area contributed by atoms with Gasteiger partial charge in [-0.15, -0.1) is 0 Å². The van der Waals surface area contributed by atoms with Gasteiger partial charge in [-0.3, -0.25) is 14.4 Å². The standard InChI is InChI=1S/C59H114O6/c1-6-8-9-10-11-12-13-23-29-34-39-44-49-57(60)63-52-56(65-59(62)51-46-41-36-31-26-25-28-33-38-43-48-55(5)7-2)53-64-58(61)50-45-40-35-30-24-21-19-17-15-14-16-18-20-22-27-32-37-42-47-54(3)4/h54-56H,6-53H2,1-5H3/t55?,56-/m1/s1. The molecule has 6 nitrogen and oxygen atoms in total. The van der Waals surface area contributed by atoms with Crippen molar-refractivity contribution in [2.24, 2.45) is 11.8 Å². The Morgan fingerprint density at radius 3 is 0.877 bits per heavy atom. The highest BCUT2D eigenvalue weighted by molar-refractivity contribution is 5.71. The van der Waals surface area contributed by atoms with E-state index in [1.165, 1.54) is 218 Å². The predicted molar refractivity (Wildman–Crippen MR) is 280 cm³/mol. The lowest BCUT2D eigenvalue weighted by Gasteiger charge is -2.18. The van der Waals surface area contributed by atoms with Gasteiger partial charge in [0.15, 0.2) is 6.10 Å². The number of rotatable bonds is 53. The molecule has 2 atom stereocenters. The molecule has 1 unspecified atom stereocenters. The number of carbonyl (C=O) groups is 3. The number of carbonyl (C=O) groups excluding carboxylic acids is 3. The average Bonchev–Trinajstić information content (AvgIpc) is 3.29. The Balaban J connectivity index is 4.24. The maximum Gasteiger partial charge on any atom is 0.306 e. The quantitative estimate of drug-likeness (QED) is 0.0344. The summed E-state index contributed by atoms with van der Waals surface area (Å²) >= 11 is 0. The molecular weight excluding hydrogens is 805 g/mol. The number of ether oxygens (including phenoxy) is 3. The van der Waals surface area contributed by atoms with E-state index in [1.54, 1.807) is 0 Å². The highest BCUT2D eigenvalue weighted by atomic mass is 16.6. The predicted octanol–water partition coefficient (Wildman–Crippen LogP) is 19.3. The summed E-state index contributed by atoms with van der Waals surface area (Å²) in [4.78, 5) is 38.1. The van der Waals surface area contributed by atoms with Crippen LogP contribution in [0, 0.1) is 11.8 Å². The van der Waals surface area contributed by atoms with Gasteiger partial charge < -0.3 is 14.2 Å². The summed E-state index contributed by atoms with van der Waals surface area (Å²) < 4.78 is 16.9. The molecule has 0 N–H and O–H groups in total. The normalized spacial score (nSPS) is 12.5. The van der Waals surface area contributed by atoms with Gasteiger partial charge in [0.2, 0.25) is 0 Å². The monoisotopic (exact) mass is 919 g/mol. The second-order valence-corrected chi connectivity index (χ2v) is 21.0. The highest BCUT2D eigenvalue weighted by Gasteiger charge is 2.19. The third-order valence-corrected chi connectivity index (χ3v) is 13.8. The molecule has 65 heavy (non-hydrogen) atoms. The van der Waals surface area contributed by atoms with Gasteiger partial charge in [-0.2, -0.15) is 0 Å². The number of hydrogen-bond donors (Lipinski definition) is 0. The van der Waals surface area contributed by atoms with Crippen LogP contribution in [0.25, 0.3) is 0 Å². The number of hydrogen-bond acceptors (Lipinski definition) is 6. The van der Waals surface area contributed by atoms with Crippen molar-refractivity contribution in [2.75, 3.05) is 13.2 Å². The maximum absolute atomic E-state index is 12.8. The molecule has 0 amide bonds. The summed E-state index contributed by atoms with van der Waals surface area (Å²) in [7, 11) is 0. The zero-order valence-corrected chi connectivity index (χ0v) is 44.6. The van der Waals surface area contributed by atoms with E-state index in [4.69, 9.17) is 14.2 Å². The van der Waals surface area contributed by atoms with E-state index >= 15 is 0 Å². The van der Waals surface area contributed by atoms with Crippen LogP contribution < -0.4 is 0 Å². The molecule has 0 saturated heterocycles. The van der Waals surface area contributed by atoms with Crippen molar-refractivity contribution in [3.63, 3.8) is 0 Å². The molecule has 0 aliphatic rings. The fourth-order valence-corrected chi connectivity index (χ4v) is 9.02. The Kier molecular flexibility index (Phi) is 50.5. The Morgan fingerprint density at radius 2 is 0.585 bits per heavy atom. The Labute approximate surface area is 406 Å². The van der Waals surface area contributed by atoms with Crippen molar-refractivity contribution < 1.29 is 28.6 Å². The van der Waals surface area contributed by atoms with Crippen LogP contribution in [0.1, 0.15) is 330 Å². The van der Waals surface area contributed by atoms with Gasteiger partial charge in [-0.1, -0.05) is 291 Å². The lowest BCUT2D eigenvalue weighted by atomic mass is 9.99. The van der Waals surface area contributed by atoms with Crippen LogP contribution in [-0.2, 0) is 28.6 Å². The molecule has 0 bridgehead atoms. The van der Waals surface area contributed by atoms with E-state index in [0.29, 0.717) is 19.3 Å². The van der Waals surface area contributed by atoms with Crippen molar-refractivity contribution in [3.05, 3.63) is 0 Å². The summed E-state index contributed by atoms with van der Waals surface area (Å²) in [6.07, 6.45) is 55.2. The van der Waals surface area contributed by atoms with Crippen LogP contribution in [0.5, 0.6) is 0 Å². The Bertz CT molecular complexity index is 995. The van der Waals surface area contributed by atoms with Crippen LogP contribution in [0.3, 0.4) is 0 Å². The molecule has 0 aromatic rings. The van der Waals surface area contributed by atoms with E-state index in [1.807, 2.05) is 0 Å². The van der Waals surface area contributed by atoms with E-state index in [2.05, 4.69) is 34.6 Å². The lowest BCUT2D eigenvalue weighted by molar-refractivity contribution is -0.167. The van der Waals surface area contributed by atoms with Gasteiger partial charge in [0.25, 0.3) is 0 Å². The molecule has 0 saturated carbocycles. The van der Waals surface area contributed by atoms with Crippen molar-refractivity contribution in [1.82, 2.24) is 0 Å². The molecule has 0 heterocycles. The fourth-order valence-electron chi connectivity index (χ4n) is 9.02. The first-order valence-corrected chi connectivity index (χ1v) is 29.3. The molecule has 0 radical (unpaired) electrons. The van der Waals surface area contributed by atoms with Crippen LogP contribution >= 0.6 is 0 Å². The van der Waals surface area contributed by atoms with Crippen molar-refractivity contribution >= 4 is 17.9 Å². The first-order chi connectivity index (χ1) is 31.8. The SMILES string of the molecule is CCCCCCCCCCCCCCC(=O)OC[C@H](COC(=O)CCCCCCCCCCCCCCCCCCCCC(C)C)OC(=O)CCCCCCCCCCCCC(C)CC. The van der Waals surface area contributed by atoms with Gasteiger partial charge in [0, 0.05) is 19.3 Å². The minimum absolute atomic E-state index is 0.0627. The topological polar surface area (TPSA) is 78.9 Å². The molecular formula is C59H114O6. The smallest absolute Gasteiger partial charge is 0.306 e. The van der Waals surface area contributed by atoms with E-state index in [9.17, 15) is 14.4 Å². The minimum atomic E-state index is -0.762. The maximum atomic E-state index is 12.8. The van der Waals surface area contributed by atoms with Gasteiger partial charge in [0.05, 0.1) is 0 Å². The molecule has 0 aromatic heterocycles. The molecule has 0 fully saturated rings. The minimum Gasteiger partial charge on any atom is -0.462 e. The van der Waals surface area contributed by atoms with Gasteiger partial charge in [-0.05, 0) is 31.1 Å². The lowest BCUT2D eigenvalue weighted by Crippen LogP contribution is -2.30. The van der Waals surface area contributed by atoms with Crippen LogP contribution in [0.15, 0.2) is 0 Å². The first-order valence-electron chi connectivity index (χ1n) is 29.3. The summed E-state index contributed by atoms with van der Waals surface area (Å²) in [5.41, 5.74) is 0. The Morgan fingerprint density at radius 1 is 0.323 bits per heavy atom. The van der Waals surface area contributed by atoms with Crippen LogP contribution in [0.2, 0.25) is 0 Å². The van der Waals surface area contributed by atoms with Crippen molar-refractivity contribution in [2.45, 2.75) is 336 Å². The largest absolute Gasteiger partial charge is 0.462 e.